The maximum absolute atomic E-state index is 13.6. The third kappa shape index (κ3) is 4.45. The summed E-state index contributed by atoms with van der Waals surface area (Å²) in [6.45, 7) is -0.719. The smallest absolute Gasteiger partial charge is 0.343 e. The number of nitro benzene ring substituents is 1. The van der Waals surface area contributed by atoms with Gasteiger partial charge in [0.1, 0.15) is 17.1 Å². The molecule has 0 saturated carbocycles. The molecule has 0 aromatic heterocycles. The Bertz CT molecular complexity index is 854. The Labute approximate surface area is 151 Å². The van der Waals surface area contributed by atoms with Gasteiger partial charge in [-0.25, -0.2) is 9.18 Å². The van der Waals surface area contributed by atoms with Gasteiger partial charge in [0, 0.05) is 6.07 Å². The molecular formula is C16H12ClFN2O6. The zero-order valence-electron chi connectivity index (χ0n) is 13.3. The van der Waals surface area contributed by atoms with Crippen LogP contribution in [0.4, 0.5) is 15.8 Å². The van der Waals surface area contributed by atoms with Crippen molar-refractivity contribution in [3.05, 3.63) is 62.9 Å². The number of carbonyl (C=O) groups excluding carboxylic acids is 2. The van der Waals surface area contributed by atoms with Crippen molar-refractivity contribution in [3.8, 4) is 5.75 Å². The molecule has 0 heterocycles. The Kier molecular flexibility index (Phi) is 6.07. The van der Waals surface area contributed by atoms with Crippen molar-refractivity contribution in [1.29, 1.82) is 0 Å². The number of carbonyl (C=O) groups is 2. The maximum atomic E-state index is 13.6. The number of nitro groups is 1. The molecule has 0 fully saturated rings. The highest BCUT2D eigenvalue weighted by Crippen LogP contribution is 2.29. The van der Waals surface area contributed by atoms with Gasteiger partial charge in [-0.2, -0.15) is 0 Å². The largest absolute Gasteiger partial charge is 0.494 e. The highest BCUT2D eigenvalue weighted by Gasteiger charge is 2.19. The molecule has 0 aliphatic rings. The number of methoxy groups -OCH3 is 1. The number of ether oxygens (including phenoxy) is 2. The molecule has 8 nitrogen and oxygen atoms in total. The molecule has 1 N–H and O–H groups in total. The maximum Gasteiger partial charge on any atom is 0.343 e. The average Bonchev–Trinajstić information content (AvgIpc) is 2.60. The van der Waals surface area contributed by atoms with Crippen LogP contribution in [0, 0.1) is 15.9 Å². The number of esters is 1. The summed E-state index contributed by atoms with van der Waals surface area (Å²) in [4.78, 5) is 33.9. The zero-order valence-corrected chi connectivity index (χ0v) is 14.1. The predicted molar refractivity (Wildman–Crippen MR) is 90.0 cm³/mol. The van der Waals surface area contributed by atoms with Gasteiger partial charge in [0.15, 0.2) is 6.61 Å². The van der Waals surface area contributed by atoms with E-state index in [1.54, 1.807) is 0 Å². The lowest BCUT2D eigenvalue weighted by molar-refractivity contribution is -0.384. The van der Waals surface area contributed by atoms with Crippen LogP contribution in [-0.4, -0.2) is 30.5 Å². The van der Waals surface area contributed by atoms with Gasteiger partial charge in [-0.3, -0.25) is 14.9 Å². The van der Waals surface area contributed by atoms with E-state index in [-0.39, 0.29) is 22.1 Å². The monoisotopic (exact) mass is 382 g/mol. The van der Waals surface area contributed by atoms with E-state index in [0.717, 1.165) is 12.1 Å². The van der Waals surface area contributed by atoms with Crippen LogP contribution in [0.1, 0.15) is 10.4 Å². The molecule has 0 aliphatic heterocycles. The van der Waals surface area contributed by atoms with Crippen LogP contribution in [0.15, 0.2) is 36.4 Å². The van der Waals surface area contributed by atoms with Gasteiger partial charge in [0.05, 0.1) is 28.8 Å². The molecule has 0 unspecified atom stereocenters. The lowest BCUT2D eigenvalue weighted by Gasteiger charge is -2.11. The summed E-state index contributed by atoms with van der Waals surface area (Å²) in [6, 6.07) is 7.23. The fourth-order valence-corrected chi connectivity index (χ4v) is 2.22. The van der Waals surface area contributed by atoms with Crippen LogP contribution in [-0.2, 0) is 9.53 Å². The Morgan fingerprint density at radius 3 is 2.65 bits per heavy atom. The summed E-state index contributed by atoms with van der Waals surface area (Å²) in [6.07, 6.45) is 0. The summed E-state index contributed by atoms with van der Waals surface area (Å²) in [7, 11) is 1.27. The third-order valence-electron chi connectivity index (χ3n) is 3.17. The average molecular weight is 383 g/mol. The van der Waals surface area contributed by atoms with Gasteiger partial charge >= 0.3 is 5.97 Å². The Morgan fingerprint density at radius 2 is 2.04 bits per heavy atom. The minimum Gasteiger partial charge on any atom is -0.494 e. The second-order valence-electron chi connectivity index (χ2n) is 4.86. The molecule has 136 valence electrons. The number of amides is 1. The topological polar surface area (TPSA) is 108 Å². The van der Waals surface area contributed by atoms with E-state index in [0.29, 0.717) is 0 Å². The van der Waals surface area contributed by atoms with Crippen LogP contribution in [0.25, 0.3) is 0 Å². The number of anilines is 1. The molecule has 1 amide bonds. The molecule has 0 radical (unpaired) electrons. The van der Waals surface area contributed by atoms with E-state index in [2.05, 4.69) is 5.32 Å². The molecule has 2 aromatic rings. The Morgan fingerprint density at radius 1 is 1.31 bits per heavy atom. The van der Waals surface area contributed by atoms with Crippen LogP contribution >= 0.6 is 11.6 Å². The molecule has 26 heavy (non-hydrogen) atoms. The van der Waals surface area contributed by atoms with E-state index in [9.17, 15) is 24.1 Å². The summed E-state index contributed by atoms with van der Waals surface area (Å²) in [5.74, 6) is -2.67. The highest BCUT2D eigenvalue weighted by molar-refractivity contribution is 6.33. The number of benzene rings is 2. The molecule has 0 atom stereocenters. The Hall–Kier alpha value is -3.20. The predicted octanol–water partition coefficient (Wildman–Crippen LogP) is 3.19. The minimum atomic E-state index is -1.10. The molecular weight excluding hydrogens is 371 g/mol. The molecule has 10 heteroatoms. The van der Waals surface area contributed by atoms with Gasteiger partial charge < -0.3 is 14.8 Å². The summed E-state index contributed by atoms with van der Waals surface area (Å²) in [5.41, 5.74) is -0.557. The normalized spacial score (nSPS) is 10.1. The third-order valence-corrected chi connectivity index (χ3v) is 3.49. The van der Waals surface area contributed by atoms with Gasteiger partial charge in [-0.1, -0.05) is 17.7 Å². The SMILES string of the molecule is COc1cc([N+](=O)[O-])ccc1NC(=O)COC(=O)c1c(F)cccc1Cl. The molecule has 0 spiro atoms. The number of hydrogen-bond donors (Lipinski definition) is 1. The number of nitrogens with one attached hydrogen (secondary N) is 1. The van der Waals surface area contributed by atoms with E-state index >= 15 is 0 Å². The first-order valence-electron chi connectivity index (χ1n) is 7.07. The van der Waals surface area contributed by atoms with Crippen molar-refractivity contribution in [2.24, 2.45) is 0 Å². The zero-order chi connectivity index (χ0) is 19.3. The van der Waals surface area contributed by atoms with Crippen molar-refractivity contribution < 1.29 is 28.4 Å². The first kappa shape index (κ1) is 19.1. The van der Waals surface area contributed by atoms with E-state index in [1.807, 2.05) is 0 Å². The number of nitrogens with zero attached hydrogens (tertiary/aromatic N) is 1. The summed E-state index contributed by atoms with van der Waals surface area (Å²) < 4.78 is 23.3. The lowest BCUT2D eigenvalue weighted by atomic mass is 10.2. The molecule has 0 bridgehead atoms. The van der Waals surface area contributed by atoms with Crippen LogP contribution in [0.2, 0.25) is 5.02 Å². The number of halogens is 2. The number of rotatable bonds is 6. The Balaban J connectivity index is 2.03. The van der Waals surface area contributed by atoms with Crippen LogP contribution in [0.5, 0.6) is 5.75 Å². The van der Waals surface area contributed by atoms with E-state index < -0.39 is 34.8 Å². The summed E-state index contributed by atoms with van der Waals surface area (Å²) >= 11 is 5.74. The van der Waals surface area contributed by atoms with Crippen LogP contribution in [0.3, 0.4) is 0 Å². The first-order chi connectivity index (χ1) is 12.3. The van der Waals surface area contributed by atoms with Gasteiger partial charge in [0.25, 0.3) is 11.6 Å². The highest BCUT2D eigenvalue weighted by atomic mass is 35.5. The van der Waals surface area contributed by atoms with Gasteiger partial charge in [-0.15, -0.1) is 0 Å². The first-order valence-corrected chi connectivity index (χ1v) is 7.44. The fraction of sp³-hybridized carbons (Fsp3) is 0.125. The molecule has 0 aliphatic carbocycles. The van der Waals surface area contributed by atoms with E-state index in [4.69, 9.17) is 21.1 Å². The van der Waals surface area contributed by atoms with Crippen molar-refractivity contribution in [2.75, 3.05) is 19.0 Å². The minimum absolute atomic E-state index is 0.0519. The van der Waals surface area contributed by atoms with E-state index in [1.165, 1.54) is 31.4 Å². The van der Waals surface area contributed by atoms with Crippen LogP contribution < -0.4 is 10.1 Å². The quantitative estimate of drug-likeness (QED) is 0.467. The fourth-order valence-electron chi connectivity index (χ4n) is 1.98. The molecule has 2 aromatic carbocycles. The standard InChI is InChI=1S/C16H12ClFN2O6/c1-25-13-7-9(20(23)24)5-6-12(13)19-14(21)8-26-16(22)15-10(17)3-2-4-11(15)18/h2-7H,8H2,1H3,(H,19,21). The molecule has 2 rings (SSSR count). The summed E-state index contributed by atoms with van der Waals surface area (Å²) in [5, 5.41) is 13.0. The van der Waals surface area contributed by atoms with Gasteiger partial charge in [0.2, 0.25) is 0 Å². The van der Waals surface area contributed by atoms with Gasteiger partial charge in [-0.05, 0) is 18.2 Å². The number of hydrogen-bond acceptors (Lipinski definition) is 6. The number of non-ortho nitro benzene ring substituents is 1. The van der Waals surface area contributed by atoms with Crippen molar-refractivity contribution >= 4 is 34.9 Å². The molecule has 0 saturated heterocycles. The van der Waals surface area contributed by atoms with Crippen molar-refractivity contribution in [2.45, 2.75) is 0 Å². The second kappa shape index (κ2) is 8.26. The second-order valence-corrected chi connectivity index (χ2v) is 5.27. The lowest BCUT2D eigenvalue weighted by Crippen LogP contribution is -2.21. The van der Waals surface area contributed by atoms with Crippen molar-refractivity contribution in [1.82, 2.24) is 0 Å². The van der Waals surface area contributed by atoms with Crippen molar-refractivity contribution in [3.63, 3.8) is 0 Å².